The number of aromatic nitrogens is 3. The summed E-state index contributed by atoms with van der Waals surface area (Å²) in [6, 6.07) is 4.02. The quantitative estimate of drug-likeness (QED) is 0.524. The number of carbonyl (C=O) groups is 3. The third-order valence-electron chi connectivity index (χ3n) is 6.54. The molecule has 0 saturated carbocycles. The van der Waals surface area contributed by atoms with E-state index in [1.54, 1.807) is 6.20 Å². The lowest BCUT2D eigenvalue weighted by atomic mass is 9.87. The Morgan fingerprint density at radius 1 is 0.950 bits per heavy atom. The number of hydrogen-bond donors (Lipinski definition) is 2. The average Bonchev–Trinajstić information content (AvgIpc) is 3.32. The van der Waals surface area contributed by atoms with Crippen molar-refractivity contribution >= 4 is 17.8 Å². The van der Waals surface area contributed by atoms with Gasteiger partial charge in [0.05, 0.1) is 12.0 Å². The van der Waals surface area contributed by atoms with Gasteiger partial charge >= 0.3 is 24.3 Å². The van der Waals surface area contributed by atoms with Crippen LogP contribution in [0.4, 0.5) is 26.3 Å². The van der Waals surface area contributed by atoms with E-state index in [4.69, 9.17) is 19.8 Å². The topological polar surface area (TPSA) is 129 Å². The zero-order chi connectivity index (χ0) is 30.1. The summed E-state index contributed by atoms with van der Waals surface area (Å²) in [5.74, 6) is -5.21. The fourth-order valence-corrected chi connectivity index (χ4v) is 4.48. The molecule has 1 unspecified atom stereocenters. The van der Waals surface area contributed by atoms with Crippen LogP contribution in [0.3, 0.4) is 0 Å². The highest BCUT2D eigenvalue weighted by Crippen LogP contribution is 2.40. The minimum Gasteiger partial charge on any atom is -0.475 e. The monoisotopic (exact) mass is 581 g/mol. The van der Waals surface area contributed by atoms with E-state index in [0.717, 1.165) is 50.9 Å². The molecule has 4 rings (SSSR count). The third-order valence-corrected chi connectivity index (χ3v) is 6.54. The van der Waals surface area contributed by atoms with Gasteiger partial charge < -0.3 is 19.7 Å². The molecule has 1 amide bonds. The van der Waals surface area contributed by atoms with Gasteiger partial charge in [0.1, 0.15) is 0 Å². The minimum absolute atomic E-state index is 0.0220. The number of imidazole rings is 1. The Balaban J connectivity index is 0.000000333. The fraction of sp³-hybridized carbons (Fsp3) is 0.542. The second kappa shape index (κ2) is 13.6. The van der Waals surface area contributed by atoms with Gasteiger partial charge in [-0.3, -0.25) is 14.7 Å². The van der Waals surface area contributed by atoms with Gasteiger partial charge in [-0.05, 0) is 43.9 Å². The molecule has 0 aliphatic carbocycles. The summed E-state index contributed by atoms with van der Waals surface area (Å²) in [6.07, 6.45) is 2.27. The van der Waals surface area contributed by atoms with Crippen LogP contribution in [-0.4, -0.2) is 83.4 Å². The second-order valence-electron chi connectivity index (χ2n) is 9.30. The van der Waals surface area contributed by atoms with E-state index >= 15 is 0 Å². The van der Waals surface area contributed by atoms with Gasteiger partial charge in [-0.25, -0.2) is 14.6 Å². The van der Waals surface area contributed by atoms with Gasteiger partial charge in [0.15, 0.2) is 0 Å². The first-order valence-corrected chi connectivity index (χ1v) is 12.0. The number of likely N-dealkylation sites (tertiary alicyclic amines) is 2. The molecule has 222 valence electrons. The second-order valence-corrected chi connectivity index (χ2v) is 9.30. The zero-order valence-corrected chi connectivity index (χ0v) is 21.5. The number of nitrogens with zero attached hydrogens (tertiary/aromatic N) is 5. The average molecular weight is 582 g/mol. The van der Waals surface area contributed by atoms with Crippen molar-refractivity contribution in [3.8, 4) is 0 Å². The molecule has 2 aliphatic heterocycles. The van der Waals surface area contributed by atoms with Crippen molar-refractivity contribution in [2.24, 2.45) is 7.05 Å². The van der Waals surface area contributed by atoms with Crippen molar-refractivity contribution in [3.05, 3.63) is 48.3 Å². The standard InChI is InChI=1S/C20H27N5O.2C2HF3O2/c1-23-16-22-13-18(23)15-24-10-3-6-20(8-11-24)7-5-19(26)25(20)14-17-4-2-9-21-12-17;2*3-2(4,5)1(6)7/h2,4,9,12-13,16H,3,5-8,10-11,14-15H2,1H3;2*(H,6,7). The van der Waals surface area contributed by atoms with Crippen molar-refractivity contribution in [1.29, 1.82) is 0 Å². The number of hydrogen-bond acceptors (Lipinski definition) is 6. The van der Waals surface area contributed by atoms with E-state index in [9.17, 15) is 31.1 Å². The van der Waals surface area contributed by atoms with Crippen molar-refractivity contribution in [3.63, 3.8) is 0 Å². The SMILES string of the molecule is Cn1cncc1CN1CCCC2(CCC(=O)N2Cc2cccnc2)CC1.O=C(O)C(F)(F)F.O=C(O)C(F)(F)F. The van der Waals surface area contributed by atoms with Crippen molar-refractivity contribution < 1.29 is 50.9 Å². The summed E-state index contributed by atoms with van der Waals surface area (Å²) in [7, 11) is 2.05. The van der Waals surface area contributed by atoms with Gasteiger partial charge in [0.2, 0.25) is 5.91 Å². The molecule has 2 aromatic heterocycles. The number of rotatable bonds is 4. The molecule has 1 atom stereocenters. The van der Waals surface area contributed by atoms with Crippen LogP contribution in [0.2, 0.25) is 0 Å². The van der Waals surface area contributed by atoms with E-state index in [0.29, 0.717) is 18.9 Å². The summed E-state index contributed by atoms with van der Waals surface area (Å²) in [4.78, 5) is 43.5. The Labute approximate surface area is 225 Å². The molecule has 4 heterocycles. The van der Waals surface area contributed by atoms with E-state index in [2.05, 4.69) is 30.4 Å². The van der Waals surface area contributed by atoms with Crippen molar-refractivity contribution in [1.82, 2.24) is 24.3 Å². The lowest BCUT2D eigenvalue weighted by Gasteiger charge is -2.38. The molecule has 40 heavy (non-hydrogen) atoms. The Morgan fingerprint density at radius 3 is 2.08 bits per heavy atom. The molecular weight excluding hydrogens is 552 g/mol. The summed E-state index contributed by atoms with van der Waals surface area (Å²) < 4.78 is 65.6. The molecule has 2 N–H and O–H groups in total. The number of carbonyl (C=O) groups excluding carboxylic acids is 1. The van der Waals surface area contributed by atoms with E-state index in [1.807, 2.05) is 31.8 Å². The van der Waals surface area contributed by atoms with Crippen LogP contribution in [0.1, 0.15) is 43.4 Å². The Morgan fingerprint density at radius 2 is 1.57 bits per heavy atom. The molecule has 0 aromatic carbocycles. The number of aryl methyl sites for hydroxylation is 1. The molecule has 2 aromatic rings. The van der Waals surface area contributed by atoms with Crippen molar-refractivity contribution in [2.45, 2.75) is 63.1 Å². The number of carboxylic acids is 2. The van der Waals surface area contributed by atoms with E-state index in [-0.39, 0.29) is 5.54 Å². The highest BCUT2D eigenvalue weighted by molar-refractivity contribution is 5.79. The van der Waals surface area contributed by atoms with Gasteiger partial charge in [0.25, 0.3) is 0 Å². The van der Waals surface area contributed by atoms with Gasteiger partial charge in [-0.1, -0.05) is 6.07 Å². The zero-order valence-electron chi connectivity index (χ0n) is 21.5. The Kier molecular flexibility index (Phi) is 11.0. The van der Waals surface area contributed by atoms with Crippen LogP contribution in [-0.2, 0) is 34.5 Å². The van der Waals surface area contributed by atoms with Crippen molar-refractivity contribution in [2.75, 3.05) is 13.1 Å². The molecule has 10 nitrogen and oxygen atoms in total. The van der Waals surface area contributed by atoms with Gasteiger partial charge in [0, 0.05) is 57.2 Å². The first kappa shape index (κ1) is 32.5. The van der Waals surface area contributed by atoms with Crippen LogP contribution in [0.25, 0.3) is 0 Å². The van der Waals surface area contributed by atoms with E-state index < -0.39 is 24.3 Å². The first-order valence-electron chi connectivity index (χ1n) is 12.0. The molecular formula is C24H29F6N5O5. The predicted molar refractivity (Wildman–Crippen MR) is 126 cm³/mol. The molecule has 2 saturated heterocycles. The first-order chi connectivity index (χ1) is 18.5. The number of alkyl halides is 6. The molecule has 2 fully saturated rings. The predicted octanol–water partition coefficient (Wildman–Crippen LogP) is 3.63. The smallest absolute Gasteiger partial charge is 0.475 e. The lowest BCUT2D eigenvalue weighted by Crippen LogP contribution is -2.45. The highest BCUT2D eigenvalue weighted by Gasteiger charge is 2.45. The van der Waals surface area contributed by atoms with Crippen LogP contribution in [0.15, 0.2) is 37.1 Å². The number of aliphatic carboxylic acids is 2. The summed E-state index contributed by atoms with van der Waals surface area (Å²) >= 11 is 0. The number of amides is 1. The van der Waals surface area contributed by atoms with E-state index in [1.165, 1.54) is 5.69 Å². The third kappa shape index (κ3) is 9.50. The lowest BCUT2D eigenvalue weighted by molar-refractivity contribution is -0.193. The maximum atomic E-state index is 12.6. The highest BCUT2D eigenvalue weighted by atomic mass is 19.4. The number of carboxylic acid groups (broad SMARTS) is 2. The van der Waals surface area contributed by atoms with Crippen LogP contribution < -0.4 is 0 Å². The molecule has 1 spiro atoms. The fourth-order valence-electron chi connectivity index (χ4n) is 4.48. The van der Waals surface area contributed by atoms with Crippen LogP contribution in [0.5, 0.6) is 0 Å². The molecule has 0 radical (unpaired) electrons. The molecule has 2 aliphatic rings. The van der Waals surface area contributed by atoms with Gasteiger partial charge in [-0.2, -0.15) is 26.3 Å². The molecule has 16 heteroatoms. The Hall–Kier alpha value is -3.69. The number of pyridine rings is 1. The molecule has 0 bridgehead atoms. The summed E-state index contributed by atoms with van der Waals surface area (Å²) in [6.45, 7) is 3.74. The van der Waals surface area contributed by atoms with Crippen LogP contribution in [0, 0.1) is 0 Å². The number of halogens is 6. The Bertz CT molecular complexity index is 1120. The minimum atomic E-state index is -5.08. The normalized spacial score (nSPS) is 19.8. The largest absolute Gasteiger partial charge is 0.490 e. The summed E-state index contributed by atoms with van der Waals surface area (Å²) in [5.41, 5.74) is 2.39. The maximum absolute atomic E-state index is 12.6. The van der Waals surface area contributed by atoms with Gasteiger partial charge in [-0.15, -0.1) is 0 Å². The maximum Gasteiger partial charge on any atom is 0.490 e. The van der Waals surface area contributed by atoms with Crippen LogP contribution >= 0.6 is 0 Å². The summed E-state index contributed by atoms with van der Waals surface area (Å²) in [5, 5.41) is 14.2.